The van der Waals surface area contributed by atoms with Gasteiger partial charge in [0.1, 0.15) is 11.7 Å². The molecule has 0 aliphatic carbocycles. The average molecular weight is 344 g/mol. The number of amidine groups is 1. The summed E-state index contributed by atoms with van der Waals surface area (Å²) in [5.74, 6) is -0.0542. The Kier molecular flexibility index (Phi) is 5.70. The van der Waals surface area contributed by atoms with Gasteiger partial charge in [0.25, 0.3) is 0 Å². The molecule has 0 heterocycles. The van der Waals surface area contributed by atoms with Crippen molar-refractivity contribution in [1.82, 2.24) is 0 Å². The van der Waals surface area contributed by atoms with Gasteiger partial charge in [0, 0.05) is 4.90 Å². The molecule has 0 spiro atoms. The molecule has 1 unspecified atom stereocenters. The highest BCUT2D eigenvalue weighted by molar-refractivity contribution is 8.01. The predicted molar refractivity (Wildman–Crippen MR) is 102 cm³/mol. The third kappa shape index (κ3) is 4.38. The summed E-state index contributed by atoms with van der Waals surface area (Å²) in [6, 6.07) is 10.9. The summed E-state index contributed by atoms with van der Waals surface area (Å²) < 4.78 is 12.6. The third-order valence-corrected chi connectivity index (χ3v) is 5.99. The molecule has 0 aromatic heterocycles. The lowest BCUT2D eigenvalue weighted by Crippen LogP contribution is -2.38. The number of benzene rings is 2. The minimum absolute atomic E-state index is 0.174. The topological polar surface area (TPSA) is 49.9 Å². The fourth-order valence-electron chi connectivity index (χ4n) is 2.62. The minimum atomic E-state index is -0.487. The number of aryl methyl sites for hydroxylation is 3. The molecule has 0 saturated heterocycles. The molecule has 3 N–H and O–H groups in total. The molecule has 4 heteroatoms. The maximum atomic E-state index is 13.0. The summed E-state index contributed by atoms with van der Waals surface area (Å²) in [5, 5.41) is 8.07. The van der Waals surface area contributed by atoms with Crippen molar-refractivity contribution in [3.63, 3.8) is 0 Å². The van der Waals surface area contributed by atoms with E-state index in [1.165, 1.54) is 33.7 Å². The number of nitrogens with two attached hydrogens (primary N) is 1. The summed E-state index contributed by atoms with van der Waals surface area (Å²) in [5.41, 5.74) is 10.7. The minimum Gasteiger partial charge on any atom is -0.386 e. The van der Waals surface area contributed by atoms with E-state index in [-0.39, 0.29) is 11.7 Å². The van der Waals surface area contributed by atoms with Gasteiger partial charge < -0.3 is 5.73 Å². The van der Waals surface area contributed by atoms with Crippen LogP contribution in [0.1, 0.15) is 35.6 Å². The van der Waals surface area contributed by atoms with Crippen LogP contribution in [0.2, 0.25) is 0 Å². The molecular weight excluding hydrogens is 319 g/mol. The molecule has 0 aliphatic heterocycles. The Labute approximate surface area is 148 Å². The zero-order valence-electron chi connectivity index (χ0n) is 14.7. The van der Waals surface area contributed by atoms with Gasteiger partial charge in [-0.05, 0) is 81.0 Å². The molecular formula is C20H25FN2S. The summed E-state index contributed by atoms with van der Waals surface area (Å²) in [7, 11) is 0. The second kappa shape index (κ2) is 7.39. The lowest BCUT2D eigenvalue weighted by Gasteiger charge is -2.29. The highest BCUT2D eigenvalue weighted by Crippen LogP contribution is 2.39. The normalized spacial score (nSPS) is 13.5. The summed E-state index contributed by atoms with van der Waals surface area (Å²) in [4.78, 5) is 1.17. The second-order valence-electron chi connectivity index (χ2n) is 6.58. The van der Waals surface area contributed by atoms with Gasteiger partial charge >= 0.3 is 0 Å². The van der Waals surface area contributed by atoms with Crippen molar-refractivity contribution in [1.29, 1.82) is 5.41 Å². The van der Waals surface area contributed by atoms with Gasteiger partial charge in [0.15, 0.2) is 0 Å². The van der Waals surface area contributed by atoms with Crippen LogP contribution < -0.4 is 5.73 Å². The molecule has 1 atom stereocenters. The van der Waals surface area contributed by atoms with Crippen LogP contribution in [0.5, 0.6) is 0 Å². The molecule has 0 radical (unpaired) electrons. The SMILES string of the molecule is Cc1cc(C)c(C)c(SC(C)(CCc2ccc(F)cc2)C(=N)N)c1. The van der Waals surface area contributed by atoms with E-state index in [0.717, 1.165) is 18.4 Å². The van der Waals surface area contributed by atoms with Gasteiger partial charge in [-0.3, -0.25) is 5.41 Å². The summed E-state index contributed by atoms with van der Waals surface area (Å²) >= 11 is 1.65. The average Bonchev–Trinajstić information content (AvgIpc) is 2.51. The largest absolute Gasteiger partial charge is 0.386 e. The molecule has 0 fully saturated rings. The summed E-state index contributed by atoms with van der Waals surface area (Å²) in [6.07, 6.45) is 1.48. The second-order valence-corrected chi connectivity index (χ2v) is 8.12. The van der Waals surface area contributed by atoms with Gasteiger partial charge in [0.2, 0.25) is 0 Å². The van der Waals surface area contributed by atoms with Gasteiger partial charge in [-0.2, -0.15) is 0 Å². The number of hydrogen-bond donors (Lipinski definition) is 2. The number of rotatable bonds is 6. The molecule has 24 heavy (non-hydrogen) atoms. The number of thioether (sulfide) groups is 1. The van der Waals surface area contributed by atoms with Gasteiger partial charge in [-0.15, -0.1) is 11.8 Å². The first-order valence-electron chi connectivity index (χ1n) is 8.07. The molecule has 2 nitrogen and oxygen atoms in total. The van der Waals surface area contributed by atoms with Crippen LogP contribution in [-0.2, 0) is 6.42 Å². The molecule has 2 rings (SSSR count). The highest BCUT2D eigenvalue weighted by atomic mass is 32.2. The third-order valence-electron chi connectivity index (χ3n) is 4.47. The molecule has 0 aliphatic rings. The molecule has 128 valence electrons. The number of nitrogens with one attached hydrogen (secondary N) is 1. The zero-order chi connectivity index (χ0) is 17.9. The van der Waals surface area contributed by atoms with Crippen LogP contribution >= 0.6 is 11.8 Å². The van der Waals surface area contributed by atoms with Crippen molar-refractivity contribution in [3.8, 4) is 0 Å². The van der Waals surface area contributed by atoms with Crippen LogP contribution in [0.15, 0.2) is 41.3 Å². The number of hydrogen-bond acceptors (Lipinski definition) is 2. The first-order chi connectivity index (χ1) is 11.2. The van der Waals surface area contributed by atoms with E-state index in [4.69, 9.17) is 11.1 Å². The van der Waals surface area contributed by atoms with Gasteiger partial charge in [-0.1, -0.05) is 18.2 Å². The van der Waals surface area contributed by atoms with Crippen molar-refractivity contribution in [2.45, 2.75) is 50.2 Å². The maximum Gasteiger partial charge on any atom is 0.123 e. The molecule has 2 aromatic carbocycles. The lowest BCUT2D eigenvalue weighted by atomic mass is 9.99. The first-order valence-corrected chi connectivity index (χ1v) is 8.89. The van der Waals surface area contributed by atoms with Crippen molar-refractivity contribution in [2.75, 3.05) is 0 Å². The van der Waals surface area contributed by atoms with Crippen LogP contribution in [0, 0.1) is 32.0 Å². The van der Waals surface area contributed by atoms with Crippen LogP contribution in [0.25, 0.3) is 0 Å². The van der Waals surface area contributed by atoms with Crippen molar-refractivity contribution in [3.05, 3.63) is 64.5 Å². The van der Waals surface area contributed by atoms with Gasteiger partial charge in [0.05, 0.1) is 4.75 Å². The summed E-state index contributed by atoms with van der Waals surface area (Å²) in [6.45, 7) is 8.31. The lowest BCUT2D eigenvalue weighted by molar-refractivity contribution is 0.626. The molecule has 0 bridgehead atoms. The Hall–Kier alpha value is -1.81. The van der Waals surface area contributed by atoms with E-state index in [0.29, 0.717) is 0 Å². The van der Waals surface area contributed by atoms with E-state index in [1.807, 2.05) is 6.92 Å². The van der Waals surface area contributed by atoms with E-state index >= 15 is 0 Å². The van der Waals surface area contributed by atoms with Gasteiger partial charge in [-0.25, -0.2) is 4.39 Å². The monoisotopic (exact) mass is 344 g/mol. The number of halogens is 1. The van der Waals surface area contributed by atoms with Crippen LogP contribution in [0.3, 0.4) is 0 Å². The Bertz CT molecular complexity index is 740. The Balaban J connectivity index is 2.21. The first kappa shape index (κ1) is 18.5. The van der Waals surface area contributed by atoms with Crippen LogP contribution in [0.4, 0.5) is 4.39 Å². The van der Waals surface area contributed by atoms with Crippen molar-refractivity contribution < 1.29 is 4.39 Å². The zero-order valence-corrected chi connectivity index (χ0v) is 15.6. The van der Waals surface area contributed by atoms with E-state index in [9.17, 15) is 4.39 Å². The fraction of sp³-hybridized carbons (Fsp3) is 0.350. The maximum absolute atomic E-state index is 13.0. The Morgan fingerprint density at radius 2 is 1.79 bits per heavy atom. The van der Waals surface area contributed by atoms with E-state index in [1.54, 1.807) is 23.9 Å². The Morgan fingerprint density at radius 3 is 2.38 bits per heavy atom. The van der Waals surface area contributed by atoms with Crippen molar-refractivity contribution in [2.24, 2.45) is 5.73 Å². The predicted octanol–water partition coefficient (Wildman–Crippen LogP) is 5.17. The highest BCUT2D eigenvalue weighted by Gasteiger charge is 2.30. The smallest absolute Gasteiger partial charge is 0.123 e. The fourth-order valence-corrected chi connectivity index (χ4v) is 3.98. The van der Waals surface area contributed by atoms with Crippen molar-refractivity contribution >= 4 is 17.6 Å². The van der Waals surface area contributed by atoms with E-state index < -0.39 is 4.75 Å². The molecule has 0 saturated carbocycles. The molecule has 0 amide bonds. The molecule has 2 aromatic rings. The quantitative estimate of drug-likeness (QED) is 0.431. The standard InChI is InChI=1S/C20H25FN2S/c1-13-11-14(2)15(3)18(12-13)24-20(4,19(22)23)10-9-16-5-7-17(21)8-6-16/h5-8,11-12H,9-10H2,1-4H3,(H3,22,23). The van der Waals surface area contributed by atoms with Crippen LogP contribution in [-0.4, -0.2) is 10.6 Å². The Morgan fingerprint density at radius 1 is 1.17 bits per heavy atom. The van der Waals surface area contributed by atoms with E-state index in [2.05, 4.69) is 32.9 Å².